The number of carbonyl (C=O) groups is 1. The zero-order chi connectivity index (χ0) is 22.2. The van der Waals surface area contributed by atoms with E-state index in [1.165, 1.54) is 12.1 Å². The van der Waals surface area contributed by atoms with Crippen LogP contribution in [0.4, 0.5) is 11.4 Å². The van der Waals surface area contributed by atoms with E-state index < -0.39 is 10.0 Å². The van der Waals surface area contributed by atoms with Crippen LogP contribution in [0.2, 0.25) is 0 Å². The van der Waals surface area contributed by atoms with Crippen molar-refractivity contribution in [2.45, 2.75) is 50.0 Å². The molecule has 1 aliphatic carbocycles. The van der Waals surface area contributed by atoms with Crippen molar-refractivity contribution in [2.24, 2.45) is 0 Å². The lowest BCUT2D eigenvalue weighted by Gasteiger charge is -2.22. The molecule has 0 unspecified atom stereocenters. The zero-order valence-corrected chi connectivity index (χ0v) is 18.6. The molecular weight excluding hydrogens is 412 g/mol. The van der Waals surface area contributed by atoms with Gasteiger partial charge in [-0.3, -0.25) is 14.2 Å². The van der Waals surface area contributed by atoms with Crippen LogP contribution in [0, 0.1) is 0 Å². The minimum atomic E-state index is -3.78. The third-order valence-corrected chi connectivity index (χ3v) is 6.46. The number of anilines is 2. The molecule has 0 spiro atoms. The largest absolute Gasteiger partial charge is 0.319 e. The van der Waals surface area contributed by atoms with Crippen molar-refractivity contribution >= 4 is 27.3 Å². The summed E-state index contributed by atoms with van der Waals surface area (Å²) in [5.74, 6) is 0.0644. The Labute approximate surface area is 182 Å². The van der Waals surface area contributed by atoms with Crippen LogP contribution in [0.15, 0.2) is 65.6 Å². The van der Waals surface area contributed by atoms with Gasteiger partial charge in [0.1, 0.15) is 0 Å². The van der Waals surface area contributed by atoms with Crippen LogP contribution in [0.3, 0.4) is 0 Å². The number of aromatic nitrogens is 2. The van der Waals surface area contributed by atoms with Gasteiger partial charge in [-0.05, 0) is 63.9 Å². The molecule has 1 amide bonds. The molecule has 0 radical (unpaired) electrons. The van der Waals surface area contributed by atoms with Gasteiger partial charge in [0, 0.05) is 11.6 Å². The molecule has 0 aliphatic heterocycles. The molecule has 4 rings (SSSR count). The minimum Gasteiger partial charge on any atom is -0.319 e. The summed E-state index contributed by atoms with van der Waals surface area (Å²) in [4.78, 5) is 13.1. The van der Waals surface area contributed by atoms with Gasteiger partial charge >= 0.3 is 0 Å². The molecule has 7 nitrogen and oxygen atoms in total. The molecule has 31 heavy (non-hydrogen) atoms. The predicted octanol–water partition coefficient (Wildman–Crippen LogP) is 4.57. The third-order valence-electron chi connectivity index (χ3n) is 5.07. The van der Waals surface area contributed by atoms with Crippen molar-refractivity contribution in [1.82, 2.24) is 9.78 Å². The number of carbonyl (C=O) groups excluding carboxylic acids is 1. The number of amides is 1. The highest BCUT2D eigenvalue weighted by Crippen LogP contribution is 2.41. The van der Waals surface area contributed by atoms with E-state index in [1.807, 2.05) is 10.7 Å². The van der Waals surface area contributed by atoms with Gasteiger partial charge in [-0.1, -0.05) is 30.3 Å². The quantitative estimate of drug-likeness (QED) is 0.590. The summed E-state index contributed by atoms with van der Waals surface area (Å²) in [7, 11) is -3.78. The fourth-order valence-electron chi connectivity index (χ4n) is 3.38. The molecule has 3 aromatic rings. The maximum absolute atomic E-state index is 13.0. The van der Waals surface area contributed by atoms with Crippen molar-refractivity contribution in [1.29, 1.82) is 0 Å². The lowest BCUT2D eigenvalue weighted by molar-refractivity contribution is 0.102. The van der Waals surface area contributed by atoms with Crippen LogP contribution in [0.1, 0.15) is 55.7 Å². The van der Waals surface area contributed by atoms with E-state index >= 15 is 0 Å². The van der Waals surface area contributed by atoms with Gasteiger partial charge in [0.25, 0.3) is 15.9 Å². The maximum Gasteiger partial charge on any atom is 0.276 e. The Hall–Kier alpha value is -3.13. The Balaban J connectivity index is 1.59. The first-order valence-corrected chi connectivity index (χ1v) is 11.7. The average Bonchev–Trinajstić information content (AvgIpc) is 3.46. The summed E-state index contributed by atoms with van der Waals surface area (Å²) in [5, 5.41) is 7.37. The molecule has 1 heterocycles. The molecule has 1 aliphatic rings. The standard InChI is InChI=1S/C23H26N4O3S/c1-23(2,3)27-21(16-13-14-16)15-20(25-27)22(28)24-18-11-7-8-12-19(18)26-31(29,30)17-9-5-4-6-10-17/h4-12,15-16,26H,13-14H2,1-3H3,(H,24,28). The van der Waals surface area contributed by atoms with E-state index in [0.29, 0.717) is 17.3 Å². The van der Waals surface area contributed by atoms with E-state index in [0.717, 1.165) is 18.5 Å². The Kier molecular flexibility index (Phi) is 5.35. The van der Waals surface area contributed by atoms with Gasteiger partial charge in [0.2, 0.25) is 0 Å². The van der Waals surface area contributed by atoms with Gasteiger partial charge in [-0.15, -0.1) is 0 Å². The van der Waals surface area contributed by atoms with Crippen molar-refractivity contribution in [3.8, 4) is 0 Å². The smallest absolute Gasteiger partial charge is 0.276 e. The van der Waals surface area contributed by atoms with Gasteiger partial charge in [-0.2, -0.15) is 5.10 Å². The van der Waals surface area contributed by atoms with Gasteiger partial charge in [0.15, 0.2) is 5.69 Å². The highest BCUT2D eigenvalue weighted by atomic mass is 32.2. The molecule has 0 bridgehead atoms. The first-order chi connectivity index (χ1) is 14.6. The summed E-state index contributed by atoms with van der Waals surface area (Å²) in [6, 6.07) is 16.6. The van der Waals surface area contributed by atoms with Crippen LogP contribution < -0.4 is 10.0 Å². The number of hydrogen-bond acceptors (Lipinski definition) is 4. The van der Waals surface area contributed by atoms with Crippen molar-refractivity contribution in [3.05, 3.63) is 72.1 Å². The zero-order valence-electron chi connectivity index (χ0n) is 17.8. The van der Waals surface area contributed by atoms with E-state index in [2.05, 4.69) is 35.9 Å². The second-order valence-electron chi connectivity index (χ2n) is 8.73. The molecule has 8 heteroatoms. The molecule has 1 saturated carbocycles. The number of nitrogens with zero attached hydrogens (tertiary/aromatic N) is 2. The summed E-state index contributed by atoms with van der Waals surface area (Å²) in [6.45, 7) is 6.17. The number of sulfonamides is 1. The molecule has 2 N–H and O–H groups in total. The monoisotopic (exact) mass is 438 g/mol. The second kappa shape index (κ2) is 7.85. The van der Waals surface area contributed by atoms with E-state index in [4.69, 9.17) is 0 Å². The Morgan fingerprint density at radius 2 is 1.61 bits per heavy atom. The molecular formula is C23H26N4O3S. The average molecular weight is 439 g/mol. The predicted molar refractivity (Wildman–Crippen MR) is 121 cm³/mol. The summed E-state index contributed by atoms with van der Waals surface area (Å²) in [6.07, 6.45) is 2.21. The fraction of sp³-hybridized carbons (Fsp3) is 0.304. The van der Waals surface area contributed by atoms with Crippen LogP contribution in [0.25, 0.3) is 0 Å². The SMILES string of the molecule is CC(C)(C)n1nc(C(=O)Nc2ccccc2NS(=O)(=O)c2ccccc2)cc1C1CC1. The van der Waals surface area contributed by atoms with Crippen molar-refractivity contribution in [3.63, 3.8) is 0 Å². The van der Waals surface area contributed by atoms with Gasteiger partial charge < -0.3 is 5.32 Å². The highest BCUT2D eigenvalue weighted by molar-refractivity contribution is 7.92. The number of benzene rings is 2. The van der Waals surface area contributed by atoms with Crippen LogP contribution in [-0.4, -0.2) is 24.1 Å². The highest BCUT2D eigenvalue weighted by Gasteiger charge is 2.32. The fourth-order valence-corrected chi connectivity index (χ4v) is 4.49. The number of nitrogens with one attached hydrogen (secondary N) is 2. The Morgan fingerprint density at radius 1 is 1.00 bits per heavy atom. The minimum absolute atomic E-state index is 0.147. The van der Waals surface area contributed by atoms with E-state index in [1.54, 1.807) is 42.5 Å². The van der Waals surface area contributed by atoms with Gasteiger partial charge in [-0.25, -0.2) is 8.42 Å². The number of hydrogen-bond donors (Lipinski definition) is 2. The van der Waals surface area contributed by atoms with Crippen LogP contribution >= 0.6 is 0 Å². The second-order valence-corrected chi connectivity index (χ2v) is 10.4. The third kappa shape index (κ3) is 4.64. The van der Waals surface area contributed by atoms with Crippen LogP contribution in [-0.2, 0) is 15.6 Å². The lowest BCUT2D eigenvalue weighted by atomic mass is 10.1. The first-order valence-electron chi connectivity index (χ1n) is 10.2. The van der Waals surface area contributed by atoms with Gasteiger partial charge in [0.05, 0.1) is 21.8 Å². The molecule has 1 aromatic heterocycles. The van der Waals surface area contributed by atoms with Crippen molar-refractivity contribution in [2.75, 3.05) is 10.0 Å². The Morgan fingerprint density at radius 3 is 2.23 bits per heavy atom. The lowest BCUT2D eigenvalue weighted by Crippen LogP contribution is -2.26. The molecule has 162 valence electrons. The topological polar surface area (TPSA) is 93.1 Å². The molecule has 1 fully saturated rings. The molecule has 0 atom stereocenters. The molecule has 2 aromatic carbocycles. The van der Waals surface area contributed by atoms with E-state index in [9.17, 15) is 13.2 Å². The number of para-hydroxylation sites is 2. The summed E-state index contributed by atoms with van der Waals surface area (Å²) < 4.78 is 29.9. The maximum atomic E-state index is 13.0. The van der Waals surface area contributed by atoms with Crippen molar-refractivity contribution < 1.29 is 13.2 Å². The normalized spacial score (nSPS) is 14.3. The first kappa shape index (κ1) is 21.1. The summed E-state index contributed by atoms with van der Waals surface area (Å²) in [5.41, 5.74) is 1.80. The van der Waals surface area contributed by atoms with E-state index in [-0.39, 0.29) is 22.0 Å². The van der Waals surface area contributed by atoms with Crippen LogP contribution in [0.5, 0.6) is 0 Å². The summed E-state index contributed by atoms with van der Waals surface area (Å²) >= 11 is 0. The number of rotatable bonds is 6. The Bertz CT molecular complexity index is 1210. The molecule has 0 saturated heterocycles.